The second-order valence-electron chi connectivity index (χ2n) is 2.92. The van der Waals surface area contributed by atoms with Crippen LogP contribution in [0.1, 0.15) is 22.3 Å². The van der Waals surface area contributed by atoms with Crippen LogP contribution in [0.5, 0.6) is 0 Å². The molecule has 4 heteroatoms. The Balaban J connectivity index is 2.92. The standard InChI is InChI=1S/C11H10BrFO2/c12-6-2-1-3-8-4-5-10(13)9(7-8)11(14)15/h1,3-5,7H,2,6H2,(H,14,15). The molecule has 0 radical (unpaired) electrons. The van der Waals surface area contributed by atoms with Gasteiger partial charge in [0.1, 0.15) is 5.82 Å². The molecule has 0 saturated carbocycles. The maximum Gasteiger partial charge on any atom is 0.338 e. The zero-order chi connectivity index (χ0) is 11.3. The molecule has 0 heterocycles. The topological polar surface area (TPSA) is 37.3 Å². The lowest BCUT2D eigenvalue weighted by atomic mass is 10.1. The van der Waals surface area contributed by atoms with Crippen LogP contribution in [-0.2, 0) is 0 Å². The molecule has 1 N–H and O–H groups in total. The first-order valence-electron chi connectivity index (χ1n) is 4.40. The normalized spacial score (nSPS) is 10.8. The van der Waals surface area contributed by atoms with E-state index in [1.807, 2.05) is 6.08 Å². The molecule has 0 unspecified atom stereocenters. The number of rotatable bonds is 4. The minimum absolute atomic E-state index is 0.295. The summed E-state index contributed by atoms with van der Waals surface area (Å²) in [5.41, 5.74) is 0.394. The summed E-state index contributed by atoms with van der Waals surface area (Å²) in [5.74, 6) is -1.96. The molecule has 1 aromatic carbocycles. The van der Waals surface area contributed by atoms with Crippen molar-refractivity contribution < 1.29 is 14.3 Å². The van der Waals surface area contributed by atoms with Crippen molar-refractivity contribution in [3.63, 3.8) is 0 Å². The smallest absolute Gasteiger partial charge is 0.338 e. The Bertz CT molecular complexity index is 388. The highest BCUT2D eigenvalue weighted by molar-refractivity contribution is 9.09. The maximum atomic E-state index is 13.0. The molecule has 0 spiro atoms. The number of hydrogen-bond acceptors (Lipinski definition) is 1. The van der Waals surface area contributed by atoms with Crippen LogP contribution < -0.4 is 0 Å². The van der Waals surface area contributed by atoms with Crippen LogP contribution in [0.25, 0.3) is 6.08 Å². The van der Waals surface area contributed by atoms with Gasteiger partial charge in [0.25, 0.3) is 0 Å². The number of allylic oxidation sites excluding steroid dienone is 1. The van der Waals surface area contributed by atoms with Gasteiger partial charge >= 0.3 is 5.97 Å². The fourth-order valence-electron chi connectivity index (χ4n) is 1.09. The molecule has 0 amide bonds. The highest BCUT2D eigenvalue weighted by Gasteiger charge is 2.09. The molecule has 1 aromatic rings. The summed E-state index contributed by atoms with van der Waals surface area (Å²) in [5, 5.41) is 9.53. The third kappa shape index (κ3) is 3.47. The van der Waals surface area contributed by atoms with Gasteiger partial charge in [-0.3, -0.25) is 0 Å². The van der Waals surface area contributed by atoms with Gasteiger partial charge in [-0.1, -0.05) is 34.1 Å². The molecule has 1 rings (SSSR count). The SMILES string of the molecule is O=C(O)c1cc(C=CCCBr)ccc1F. The maximum absolute atomic E-state index is 13.0. The van der Waals surface area contributed by atoms with Crippen LogP contribution in [0.4, 0.5) is 4.39 Å². The van der Waals surface area contributed by atoms with Gasteiger partial charge in [-0.25, -0.2) is 9.18 Å². The third-order valence-corrected chi connectivity index (χ3v) is 2.26. The fourth-order valence-corrected chi connectivity index (χ4v) is 1.36. The predicted molar refractivity (Wildman–Crippen MR) is 60.8 cm³/mol. The van der Waals surface area contributed by atoms with E-state index in [1.165, 1.54) is 6.07 Å². The molecule has 0 saturated heterocycles. The summed E-state index contributed by atoms with van der Waals surface area (Å²) in [6.07, 6.45) is 4.51. The lowest BCUT2D eigenvalue weighted by Crippen LogP contribution is -2.00. The van der Waals surface area contributed by atoms with E-state index in [1.54, 1.807) is 12.1 Å². The van der Waals surface area contributed by atoms with E-state index in [-0.39, 0.29) is 5.56 Å². The van der Waals surface area contributed by atoms with Crippen molar-refractivity contribution in [2.24, 2.45) is 0 Å². The van der Waals surface area contributed by atoms with E-state index in [0.717, 1.165) is 17.8 Å². The van der Waals surface area contributed by atoms with Crippen molar-refractivity contribution in [3.05, 3.63) is 41.2 Å². The number of carboxylic acids is 1. The number of carboxylic acid groups (broad SMARTS) is 1. The summed E-state index contributed by atoms with van der Waals surface area (Å²) in [4.78, 5) is 10.6. The molecular formula is C11H10BrFO2. The van der Waals surface area contributed by atoms with Crippen molar-refractivity contribution in [1.82, 2.24) is 0 Å². The largest absolute Gasteiger partial charge is 0.478 e. The molecular weight excluding hydrogens is 263 g/mol. The van der Waals surface area contributed by atoms with E-state index < -0.39 is 11.8 Å². The summed E-state index contributed by atoms with van der Waals surface area (Å²) in [6.45, 7) is 0. The van der Waals surface area contributed by atoms with Crippen molar-refractivity contribution in [3.8, 4) is 0 Å². The Morgan fingerprint density at radius 3 is 2.87 bits per heavy atom. The quantitative estimate of drug-likeness (QED) is 0.854. The number of alkyl halides is 1. The van der Waals surface area contributed by atoms with Gasteiger partial charge in [0, 0.05) is 5.33 Å². The highest BCUT2D eigenvalue weighted by Crippen LogP contribution is 2.12. The number of aromatic carboxylic acids is 1. The van der Waals surface area contributed by atoms with E-state index in [9.17, 15) is 9.18 Å². The van der Waals surface area contributed by atoms with Gasteiger partial charge in [-0.05, 0) is 24.1 Å². The van der Waals surface area contributed by atoms with Crippen LogP contribution in [-0.4, -0.2) is 16.4 Å². The van der Waals surface area contributed by atoms with Crippen LogP contribution in [0.15, 0.2) is 24.3 Å². The van der Waals surface area contributed by atoms with Crippen molar-refractivity contribution in [2.45, 2.75) is 6.42 Å². The molecule has 0 aromatic heterocycles. The van der Waals surface area contributed by atoms with E-state index >= 15 is 0 Å². The Morgan fingerprint density at radius 2 is 2.27 bits per heavy atom. The van der Waals surface area contributed by atoms with Crippen molar-refractivity contribution in [2.75, 3.05) is 5.33 Å². The predicted octanol–water partition coefficient (Wildman–Crippen LogP) is 3.32. The van der Waals surface area contributed by atoms with E-state index in [4.69, 9.17) is 5.11 Å². The van der Waals surface area contributed by atoms with Gasteiger partial charge in [-0.15, -0.1) is 0 Å². The van der Waals surface area contributed by atoms with Crippen LogP contribution >= 0.6 is 15.9 Å². The van der Waals surface area contributed by atoms with Crippen molar-refractivity contribution in [1.29, 1.82) is 0 Å². The summed E-state index contributed by atoms with van der Waals surface area (Å²) < 4.78 is 13.0. The van der Waals surface area contributed by atoms with Gasteiger partial charge in [0.2, 0.25) is 0 Å². The molecule has 0 bridgehead atoms. The first-order chi connectivity index (χ1) is 7.15. The number of carbonyl (C=O) groups is 1. The molecule has 0 aliphatic rings. The van der Waals surface area contributed by atoms with E-state index in [2.05, 4.69) is 15.9 Å². The Labute approximate surface area is 95.6 Å². The van der Waals surface area contributed by atoms with Crippen LogP contribution in [0, 0.1) is 5.82 Å². The van der Waals surface area contributed by atoms with Gasteiger partial charge in [0.05, 0.1) is 5.56 Å². The molecule has 80 valence electrons. The molecule has 0 atom stereocenters. The minimum atomic E-state index is -1.25. The summed E-state index contributed by atoms with van der Waals surface area (Å²) >= 11 is 3.27. The monoisotopic (exact) mass is 272 g/mol. The van der Waals surface area contributed by atoms with Gasteiger partial charge < -0.3 is 5.11 Å². The van der Waals surface area contributed by atoms with Gasteiger partial charge in [-0.2, -0.15) is 0 Å². The van der Waals surface area contributed by atoms with Gasteiger partial charge in [0.15, 0.2) is 0 Å². The third-order valence-electron chi connectivity index (χ3n) is 1.81. The lowest BCUT2D eigenvalue weighted by Gasteiger charge is -1.99. The van der Waals surface area contributed by atoms with Crippen LogP contribution in [0.3, 0.4) is 0 Å². The molecule has 2 nitrogen and oxygen atoms in total. The Kier molecular flexibility index (Phi) is 4.49. The van der Waals surface area contributed by atoms with Crippen LogP contribution in [0.2, 0.25) is 0 Å². The first kappa shape index (κ1) is 11.9. The highest BCUT2D eigenvalue weighted by atomic mass is 79.9. The first-order valence-corrected chi connectivity index (χ1v) is 5.52. The van der Waals surface area contributed by atoms with E-state index in [0.29, 0.717) is 5.56 Å². The zero-order valence-corrected chi connectivity index (χ0v) is 9.50. The Morgan fingerprint density at radius 1 is 1.53 bits per heavy atom. The average Bonchev–Trinajstić information content (AvgIpc) is 2.20. The molecule has 0 aliphatic carbocycles. The average molecular weight is 273 g/mol. The molecule has 0 aliphatic heterocycles. The Hall–Kier alpha value is -1.16. The number of hydrogen-bond donors (Lipinski definition) is 1. The fraction of sp³-hybridized carbons (Fsp3) is 0.182. The minimum Gasteiger partial charge on any atom is -0.478 e. The second-order valence-corrected chi connectivity index (χ2v) is 3.72. The number of benzene rings is 1. The second kappa shape index (κ2) is 5.66. The summed E-state index contributed by atoms with van der Waals surface area (Å²) in [6, 6.07) is 4.03. The molecule has 0 fully saturated rings. The zero-order valence-electron chi connectivity index (χ0n) is 7.91. The van der Waals surface area contributed by atoms with Crippen molar-refractivity contribution >= 4 is 28.0 Å². The molecule has 15 heavy (non-hydrogen) atoms. The lowest BCUT2D eigenvalue weighted by molar-refractivity contribution is 0.0692. The summed E-state index contributed by atoms with van der Waals surface area (Å²) in [7, 11) is 0. The number of halogens is 2.